The van der Waals surface area contributed by atoms with Crippen molar-refractivity contribution in [2.45, 2.75) is 76.1 Å². The number of nitrogens with one attached hydrogen (secondary N) is 1. The van der Waals surface area contributed by atoms with Crippen molar-refractivity contribution in [2.24, 2.45) is 5.41 Å². The molecule has 4 atom stereocenters. The summed E-state index contributed by atoms with van der Waals surface area (Å²) in [5.41, 5.74) is -0.452. The van der Waals surface area contributed by atoms with Gasteiger partial charge in [-0.1, -0.05) is 36.7 Å². The number of hydrogen-bond donors (Lipinski definition) is 1. The third-order valence-corrected chi connectivity index (χ3v) is 6.08. The molecule has 0 radical (unpaired) electrons. The minimum absolute atomic E-state index is 0.157. The molecule has 0 saturated carbocycles. The molecule has 0 aliphatic carbocycles. The summed E-state index contributed by atoms with van der Waals surface area (Å²) in [6.07, 6.45) is -5.16. The van der Waals surface area contributed by atoms with E-state index < -0.39 is 49.3 Å². The highest BCUT2D eigenvalue weighted by Gasteiger charge is 2.54. The normalized spacial score (nSPS) is 32.9. The third-order valence-electron chi connectivity index (χ3n) is 3.84. The van der Waals surface area contributed by atoms with E-state index in [4.69, 9.17) is 9.16 Å². The second kappa shape index (κ2) is 7.01. The van der Waals surface area contributed by atoms with Gasteiger partial charge in [-0.05, 0) is 20.0 Å². The molecular weight excluding hydrogens is 395 g/mol. The van der Waals surface area contributed by atoms with Crippen LogP contribution in [0.3, 0.4) is 0 Å². The van der Waals surface area contributed by atoms with Gasteiger partial charge in [0, 0.05) is 17.9 Å². The molecule has 23 heavy (non-hydrogen) atoms. The van der Waals surface area contributed by atoms with Crippen LogP contribution < -0.4 is 5.32 Å². The first-order valence-electron chi connectivity index (χ1n) is 7.57. The van der Waals surface area contributed by atoms with Crippen molar-refractivity contribution >= 4 is 30.9 Å². The molecule has 1 N–H and O–H groups in total. The first-order chi connectivity index (χ1) is 10.2. The molecule has 1 saturated heterocycles. The fraction of sp³-hybridized carbons (Fsp3) is 0.929. The highest BCUT2D eigenvalue weighted by molar-refractivity contribution is 9.09. The van der Waals surface area contributed by atoms with Gasteiger partial charge in [-0.15, -0.1) is 0 Å². The Morgan fingerprint density at radius 3 is 2.26 bits per heavy atom. The Hall–Kier alpha value is -0.123. The van der Waals surface area contributed by atoms with E-state index >= 15 is 0 Å². The lowest BCUT2D eigenvalue weighted by atomic mass is 9.78. The molecule has 9 heteroatoms. The van der Waals surface area contributed by atoms with Crippen LogP contribution >= 0.6 is 15.9 Å². The van der Waals surface area contributed by atoms with Crippen LogP contribution in [0.15, 0.2) is 0 Å². The summed E-state index contributed by atoms with van der Waals surface area (Å²) in [4.78, 5) is 10.9. The van der Waals surface area contributed by atoms with Gasteiger partial charge >= 0.3 is 12.1 Å². The van der Waals surface area contributed by atoms with E-state index in [9.17, 15) is 18.0 Å². The van der Waals surface area contributed by atoms with Gasteiger partial charge in [0.05, 0.1) is 10.9 Å². The molecule has 0 aromatic rings. The molecule has 0 aromatic heterocycles. The summed E-state index contributed by atoms with van der Waals surface area (Å²) in [6.45, 7) is 11.5. The van der Waals surface area contributed by atoms with Crippen LogP contribution in [0.5, 0.6) is 0 Å². The smallest absolute Gasteiger partial charge is 0.393 e. The van der Waals surface area contributed by atoms with E-state index in [1.54, 1.807) is 6.92 Å². The summed E-state index contributed by atoms with van der Waals surface area (Å²) in [7, 11) is -1.53. The standard InChI is InChI=1S/C14H25BrF3NO3Si/c1-8-10(15)9(19-11(20)14(16,17)18)7-13(21-8,12(2,3)4)22-23(5)6/h8-10,23H,7H2,1-6H3,(H,19,20)/t8-,9-,10+,13+/m0/s1. The van der Waals surface area contributed by atoms with E-state index in [1.165, 1.54) is 0 Å². The van der Waals surface area contributed by atoms with Crippen LogP contribution in [0.25, 0.3) is 0 Å². The van der Waals surface area contributed by atoms with Crippen molar-refractivity contribution in [2.75, 3.05) is 0 Å². The van der Waals surface area contributed by atoms with Gasteiger partial charge in [-0.3, -0.25) is 4.79 Å². The van der Waals surface area contributed by atoms with E-state index in [0.717, 1.165) is 0 Å². The van der Waals surface area contributed by atoms with Gasteiger partial charge in [-0.25, -0.2) is 0 Å². The predicted octanol–water partition coefficient (Wildman–Crippen LogP) is 3.35. The van der Waals surface area contributed by atoms with Crippen molar-refractivity contribution in [1.29, 1.82) is 0 Å². The van der Waals surface area contributed by atoms with Gasteiger partial charge in [0.2, 0.25) is 0 Å². The minimum Gasteiger partial charge on any atom is -0.393 e. The summed E-state index contributed by atoms with van der Waals surface area (Å²) >= 11 is 3.35. The highest BCUT2D eigenvalue weighted by Crippen LogP contribution is 2.45. The van der Waals surface area contributed by atoms with E-state index in [-0.39, 0.29) is 6.42 Å². The number of carbonyl (C=O) groups is 1. The van der Waals surface area contributed by atoms with Gasteiger partial charge in [-0.2, -0.15) is 13.2 Å². The molecule has 1 heterocycles. The quantitative estimate of drug-likeness (QED) is 0.563. The number of carbonyl (C=O) groups excluding carboxylic acids is 1. The van der Waals surface area contributed by atoms with E-state index in [2.05, 4.69) is 21.2 Å². The number of hydrogen-bond acceptors (Lipinski definition) is 3. The lowest BCUT2D eigenvalue weighted by molar-refractivity contribution is -0.287. The highest BCUT2D eigenvalue weighted by atomic mass is 79.9. The van der Waals surface area contributed by atoms with Gasteiger partial charge in [0.15, 0.2) is 14.8 Å². The molecule has 1 rings (SSSR count). The average Bonchev–Trinajstić information content (AvgIpc) is 2.31. The molecule has 1 aliphatic rings. The summed E-state index contributed by atoms with van der Waals surface area (Å²) in [6, 6.07) is -0.736. The maximum atomic E-state index is 12.6. The minimum atomic E-state index is -4.91. The monoisotopic (exact) mass is 419 g/mol. The maximum absolute atomic E-state index is 12.6. The lowest BCUT2D eigenvalue weighted by Crippen LogP contribution is -2.64. The molecule has 0 spiro atoms. The first kappa shape index (κ1) is 20.9. The molecular formula is C14H25BrF3NO3Si. The number of halogens is 4. The molecule has 0 bridgehead atoms. The Morgan fingerprint density at radius 2 is 1.87 bits per heavy atom. The van der Waals surface area contributed by atoms with Crippen molar-refractivity contribution in [3.63, 3.8) is 0 Å². The molecule has 4 nitrogen and oxygen atoms in total. The van der Waals surface area contributed by atoms with Crippen molar-refractivity contribution in [3.05, 3.63) is 0 Å². The average molecular weight is 420 g/mol. The number of alkyl halides is 4. The molecule has 1 aliphatic heterocycles. The molecule has 1 fully saturated rings. The SMILES string of the molecule is C[C@@H]1O[C@](O[SiH](C)C)(C(C)(C)C)C[C@H](NC(=O)C(F)(F)F)[C@@H]1Br. The Morgan fingerprint density at radius 1 is 1.35 bits per heavy atom. The fourth-order valence-electron chi connectivity index (χ4n) is 2.64. The largest absolute Gasteiger partial charge is 0.471 e. The topological polar surface area (TPSA) is 47.6 Å². The zero-order valence-corrected chi connectivity index (χ0v) is 17.0. The predicted molar refractivity (Wildman–Crippen MR) is 88.0 cm³/mol. The van der Waals surface area contributed by atoms with Crippen LogP contribution in [-0.4, -0.2) is 43.9 Å². The second-order valence-corrected chi connectivity index (χ2v) is 10.6. The number of ether oxygens (including phenoxy) is 1. The molecule has 0 aromatic carbocycles. The Balaban J connectivity index is 3.10. The lowest BCUT2D eigenvalue weighted by Gasteiger charge is -2.53. The van der Waals surface area contributed by atoms with Crippen molar-refractivity contribution in [1.82, 2.24) is 5.32 Å². The molecule has 1 amide bonds. The summed E-state index contributed by atoms with van der Waals surface area (Å²) in [5.74, 6) is -2.97. The van der Waals surface area contributed by atoms with E-state index in [0.29, 0.717) is 0 Å². The van der Waals surface area contributed by atoms with Crippen molar-refractivity contribution < 1.29 is 27.1 Å². The summed E-state index contributed by atoms with van der Waals surface area (Å²) in [5, 5.41) is 2.08. The molecule has 136 valence electrons. The van der Waals surface area contributed by atoms with Gasteiger partial charge < -0.3 is 14.5 Å². The van der Waals surface area contributed by atoms with Gasteiger partial charge in [0.25, 0.3) is 0 Å². The van der Waals surface area contributed by atoms with Crippen LogP contribution in [0.4, 0.5) is 13.2 Å². The number of amides is 1. The van der Waals surface area contributed by atoms with Crippen LogP contribution in [0.2, 0.25) is 13.1 Å². The zero-order chi connectivity index (χ0) is 18.2. The first-order valence-corrected chi connectivity index (χ1v) is 11.3. The summed E-state index contributed by atoms with van der Waals surface area (Å²) < 4.78 is 50.0. The maximum Gasteiger partial charge on any atom is 0.471 e. The van der Waals surface area contributed by atoms with Crippen LogP contribution in [-0.2, 0) is 14.0 Å². The Kier molecular flexibility index (Phi) is 6.38. The van der Waals surface area contributed by atoms with Crippen molar-refractivity contribution in [3.8, 4) is 0 Å². The zero-order valence-electron chi connectivity index (χ0n) is 14.3. The Bertz CT molecular complexity index is 442. The number of rotatable bonds is 3. The van der Waals surface area contributed by atoms with Crippen LogP contribution in [0.1, 0.15) is 34.1 Å². The third kappa shape index (κ3) is 4.93. The fourth-order valence-corrected chi connectivity index (χ4v) is 4.33. The van der Waals surface area contributed by atoms with Gasteiger partial charge in [0.1, 0.15) is 0 Å². The van der Waals surface area contributed by atoms with Crippen LogP contribution in [0, 0.1) is 5.41 Å². The van der Waals surface area contributed by atoms with E-state index in [1.807, 2.05) is 33.9 Å². The molecule has 0 unspecified atom stereocenters. The Labute approximate surface area is 145 Å². The second-order valence-electron chi connectivity index (χ2n) is 7.22.